The average molecular weight is 286 g/mol. The number of hydrogen-bond acceptors (Lipinski definition) is 3. The Morgan fingerprint density at radius 1 is 1.30 bits per heavy atom. The standard InChI is InChI=1S/C14H17F3N2O/c1-20-13-5-4-11(9-18)8-12(13)10-19-7-3-2-6-14(15,16)17/h4-5,8,19H,2-3,6-7,10H2,1H3. The van der Waals surface area contributed by atoms with Crippen LogP contribution in [0.1, 0.15) is 30.4 Å². The van der Waals surface area contributed by atoms with Crippen molar-refractivity contribution in [1.82, 2.24) is 5.32 Å². The van der Waals surface area contributed by atoms with Gasteiger partial charge >= 0.3 is 6.18 Å². The van der Waals surface area contributed by atoms with Gasteiger partial charge in [-0.05, 0) is 37.6 Å². The summed E-state index contributed by atoms with van der Waals surface area (Å²) in [4.78, 5) is 0. The smallest absolute Gasteiger partial charge is 0.389 e. The zero-order chi connectivity index (χ0) is 15.0. The summed E-state index contributed by atoms with van der Waals surface area (Å²) >= 11 is 0. The van der Waals surface area contributed by atoms with Crippen molar-refractivity contribution in [3.8, 4) is 11.8 Å². The molecule has 1 aromatic carbocycles. The maximum Gasteiger partial charge on any atom is 0.389 e. The van der Waals surface area contributed by atoms with E-state index in [0.717, 1.165) is 5.56 Å². The van der Waals surface area contributed by atoms with E-state index in [-0.39, 0.29) is 6.42 Å². The van der Waals surface area contributed by atoms with Crippen molar-refractivity contribution < 1.29 is 17.9 Å². The monoisotopic (exact) mass is 286 g/mol. The second-order valence-corrected chi connectivity index (χ2v) is 4.39. The van der Waals surface area contributed by atoms with Crippen molar-refractivity contribution in [3.63, 3.8) is 0 Å². The number of methoxy groups -OCH3 is 1. The van der Waals surface area contributed by atoms with Gasteiger partial charge in [-0.15, -0.1) is 0 Å². The van der Waals surface area contributed by atoms with Gasteiger partial charge in [0.1, 0.15) is 5.75 Å². The number of ether oxygens (including phenoxy) is 1. The Kier molecular flexibility index (Phi) is 6.32. The minimum absolute atomic E-state index is 0.117. The highest BCUT2D eigenvalue weighted by molar-refractivity contribution is 5.41. The fourth-order valence-electron chi connectivity index (χ4n) is 1.78. The van der Waals surface area contributed by atoms with Crippen LogP contribution in [0.15, 0.2) is 18.2 Å². The van der Waals surface area contributed by atoms with Crippen molar-refractivity contribution in [2.24, 2.45) is 0 Å². The van der Waals surface area contributed by atoms with E-state index in [1.807, 2.05) is 6.07 Å². The van der Waals surface area contributed by atoms with Crippen LogP contribution in [0.3, 0.4) is 0 Å². The predicted molar refractivity (Wildman–Crippen MR) is 69.3 cm³/mol. The number of alkyl halides is 3. The predicted octanol–water partition coefficient (Wildman–Crippen LogP) is 3.39. The number of nitrogens with one attached hydrogen (secondary N) is 1. The molecule has 1 aromatic rings. The molecule has 0 bridgehead atoms. The molecule has 0 saturated heterocycles. The lowest BCUT2D eigenvalue weighted by Crippen LogP contribution is -2.16. The summed E-state index contributed by atoms with van der Waals surface area (Å²) in [7, 11) is 1.54. The number of benzene rings is 1. The molecule has 0 aliphatic rings. The Morgan fingerprint density at radius 3 is 2.65 bits per heavy atom. The molecule has 3 nitrogen and oxygen atoms in total. The van der Waals surface area contributed by atoms with E-state index >= 15 is 0 Å². The fourth-order valence-corrected chi connectivity index (χ4v) is 1.78. The summed E-state index contributed by atoms with van der Waals surface area (Å²) in [5.74, 6) is 0.659. The second kappa shape index (κ2) is 7.75. The Labute approximate surface area is 116 Å². The first-order chi connectivity index (χ1) is 9.46. The van der Waals surface area contributed by atoms with Gasteiger partial charge in [0.05, 0.1) is 18.7 Å². The summed E-state index contributed by atoms with van der Waals surface area (Å²) in [5, 5.41) is 11.9. The van der Waals surface area contributed by atoms with Crippen LogP contribution in [0.4, 0.5) is 13.2 Å². The van der Waals surface area contributed by atoms with Gasteiger partial charge in [0.25, 0.3) is 0 Å². The summed E-state index contributed by atoms with van der Waals surface area (Å²) in [5.41, 5.74) is 1.35. The zero-order valence-electron chi connectivity index (χ0n) is 11.3. The summed E-state index contributed by atoms with van der Waals surface area (Å²) < 4.78 is 41.0. The Morgan fingerprint density at radius 2 is 2.05 bits per heavy atom. The first-order valence-electron chi connectivity index (χ1n) is 6.31. The maximum atomic E-state index is 11.9. The first kappa shape index (κ1) is 16.3. The molecule has 0 aromatic heterocycles. The molecule has 0 fully saturated rings. The average Bonchev–Trinajstić information content (AvgIpc) is 2.41. The molecule has 110 valence electrons. The molecule has 6 heteroatoms. The molecule has 0 saturated carbocycles. The van der Waals surface area contributed by atoms with Crippen LogP contribution < -0.4 is 10.1 Å². The normalized spacial score (nSPS) is 11.2. The van der Waals surface area contributed by atoms with Gasteiger partial charge in [-0.25, -0.2) is 0 Å². The summed E-state index contributed by atoms with van der Waals surface area (Å²) in [6.07, 6.45) is -4.25. The SMILES string of the molecule is COc1ccc(C#N)cc1CNCCCCC(F)(F)F. The summed E-state index contributed by atoms with van der Waals surface area (Å²) in [6, 6.07) is 7.11. The third-order valence-corrected chi connectivity index (χ3v) is 2.79. The van der Waals surface area contributed by atoms with E-state index in [2.05, 4.69) is 5.32 Å². The van der Waals surface area contributed by atoms with Crippen LogP contribution in [0.2, 0.25) is 0 Å². The number of unbranched alkanes of at least 4 members (excludes halogenated alkanes) is 1. The Hall–Kier alpha value is -1.74. The largest absolute Gasteiger partial charge is 0.496 e. The van der Waals surface area contributed by atoms with Crippen molar-refractivity contribution in [1.29, 1.82) is 5.26 Å². The van der Waals surface area contributed by atoms with E-state index in [1.165, 1.54) is 7.11 Å². The van der Waals surface area contributed by atoms with E-state index < -0.39 is 12.6 Å². The lowest BCUT2D eigenvalue weighted by Gasteiger charge is -2.10. The highest BCUT2D eigenvalue weighted by Gasteiger charge is 2.25. The number of rotatable bonds is 7. The second-order valence-electron chi connectivity index (χ2n) is 4.39. The van der Waals surface area contributed by atoms with E-state index in [1.54, 1.807) is 18.2 Å². The number of nitriles is 1. The maximum absolute atomic E-state index is 11.9. The molecule has 1 N–H and O–H groups in total. The molecule has 20 heavy (non-hydrogen) atoms. The van der Waals surface area contributed by atoms with Crippen molar-refractivity contribution in [3.05, 3.63) is 29.3 Å². The van der Waals surface area contributed by atoms with Gasteiger partial charge in [-0.1, -0.05) is 0 Å². The minimum atomic E-state index is -4.08. The van der Waals surface area contributed by atoms with Gasteiger partial charge in [0, 0.05) is 18.5 Å². The van der Waals surface area contributed by atoms with Crippen LogP contribution in [-0.4, -0.2) is 19.8 Å². The molecule has 0 atom stereocenters. The molecule has 0 aliphatic heterocycles. The minimum Gasteiger partial charge on any atom is -0.496 e. The Balaban J connectivity index is 2.36. The molecule has 0 amide bonds. The van der Waals surface area contributed by atoms with Crippen molar-refractivity contribution >= 4 is 0 Å². The number of nitrogens with zero attached hydrogens (tertiary/aromatic N) is 1. The van der Waals surface area contributed by atoms with Crippen LogP contribution in [0.5, 0.6) is 5.75 Å². The lowest BCUT2D eigenvalue weighted by atomic mass is 10.1. The van der Waals surface area contributed by atoms with Crippen LogP contribution in [-0.2, 0) is 6.54 Å². The van der Waals surface area contributed by atoms with Crippen molar-refractivity contribution in [2.75, 3.05) is 13.7 Å². The lowest BCUT2D eigenvalue weighted by molar-refractivity contribution is -0.135. The van der Waals surface area contributed by atoms with E-state index in [9.17, 15) is 13.2 Å². The van der Waals surface area contributed by atoms with Gasteiger partial charge < -0.3 is 10.1 Å². The molecular formula is C14H17F3N2O. The Bertz CT molecular complexity index is 466. The summed E-state index contributed by atoms with van der Waals surface area (Å²) in [6.45, 7) is 0.959. The molecule has 0 spiro atoms. The number of hydrogen-bond donors (Lipinski definition) is 1. The van der Waals surface area contributed by atoms with Crippen LogP contribution in [0, 0.1) is 11.3 Å². The molecule has 1 rings (SSSR count). The third kappa shape index (κ3) is 5.93. The van der Waals surface area contributed by atoms with Gasteiger partial charge in [0.15, 0.2) is 0 Å². The third-order valence-electron chi connectivity index (χ3n) is 2.79. The molecular weight excluding hydrogens is 269 g/mol. The fraction of sp³-hybridized carbons (Fsp3) is 0.500. The highest BCUT2D eigenvalue weighted by atomic mass is 19.4. The molecule has 0 aliphatic carbocycles. The van der Waals surface area contributed by atoms with Gasteiger partial charge in [0.2, 0.25) is 0 Å². The first-order valence-corrected chi connectivity index (χ1v) is 6.31. The number of halogens is 3. The van der Waals surface area contributed by atoms with Gasteiger partial charge in [-0.2, -0.15) is 18.4 Å². The molecule has 0 heterocycles. The quantitative estimate of drug-likeness (QED) is 0.781. The van der Waals surface area contributed by atoms with E-state index in [4.69, 9.17) is 10.00 Å². The van der Waals surface area contributed by atoms with Crippen molar-refractivity contribution in [2.45, 2.75) is 32.0 Å². The van der Waals surface area contributed by atoms with Crippen LogP contribution in [0.25, 0.3) is 0 Å². The highest BCUT2D eigenvalue weighted by Crippen LogP contribution is 2.22. The molecule has 0 unspecified atom stereocenters. The van der Waals surface area contributed by atoms with Gasteiger partial charge in [-0.3, -0.25) is 0 Å². The molecule has 0 radical (unpaired) electrons. The zero-order valence-corrected chi connectivity index (χ0v) is 11.3. The van der Waals surface area contributed by atoms with Crippen LogP contribution >= 0.6 is 0 Å². The van der Waals surface area contributed by atoms with E-state index in [0.29, 0.717) is 30.8 Å². The topological polar surface area (TPSA) is 45.0 Å².